The van der Waals surface area contributed by atoms with Crippen molar-refractivity contribution in [2.24, 2.45) is 0 Å². The van der Waals surface area contributed by atoms with Crippen molar-refractivity contribution in [1.82, 2.24) is 5.32 Å². The molecule has 0 unspecified atom stereocenters. The maximum Gasteiger partial charge on any atom is 0.169 e. The minimum atomic E-state index is 0.650. The highest BCUT2D eigenvalue weighted by molar-refractivity contribution is 6.30. The molecule has 0 aliphatic heterocycles. The Balaban J connectivity index is 2.27. The summed E-state index contributed by atoms with van der Waals surface area (Å²) in [7, 11) is 1.90. The molecule has 0 saturated carbocycles. The first-order chi connectivity index (χ1) is 10.2. The molecule has 4 heteroatoms. The van der Waals surface area contributed by atoms with Crippen molar-refractivity contribution >= 4 is 11.6 Å². The zero-order valence-corrected chi connectivity index (χ0v) is 13.1. The smallest absolute Gasteiger partial charge is 0.169 e. The predicted octanol–water partition coefficient (Wildman–Crippen LogP) is 4.64. The lowest BCUT2D eigenvalue weighted by Crippen LogP contribution is -2.06. The van der Waals surface area contributed by atoms with Crippen LogP contribution in [0.4, 0.5) is 0 Å². The number of rotatable bonds is 7. The summed E-state index contributed by atoms with van der Waals surface area (Å²) in [5, 5.41) is 3.77. The summed E-state index contributed by atoms with van der Waals surface area (Å²) in [4.78, 5) is 0. The second-order valence-corrected chi connectivity index (χ2v) is 5.12. The van der Waals surface area contributed by atoms with Crippen LogP contribution in [0.2, 0.25) is 5.02 Å². The standard InChI is InChI=1S/C17H20ClNO2/c1-3-10-20-15-6-4-5-7-16(15)21-17-11-14(18)9-8-13(17)12-19-2/h4-9,11,19H,3,10,12H2,1-2H3. The Kier molecular flexibility index (Phi) is 5.90. The molecule has 0 spiro atoms. The third-order valence-electron chi connectivity index (χ3n) is 2.93. The fourth-order valence-electron chi connectivity index (χ4n) is 1.94. The van der Waals surface area contributed by atoms with Gasteiger partial charge in [-0.3, -0.25) is 0 Å². The summed E-state index contributed by atoms with van der Waals surface area (Å²) < 4.78 is 11.7. The van der Waals surface area contributed by atoms with Crippen molar-refractivity contribution in [3.8, 4) is 17.2 Å². The Hall–Kier alpha value is -1.71. The van der Waals surface area contributed by atoms with Crippen LogP contribution in [0.1, 0.15) is 18.9 Å². The third-order valence-corrected chi connectivity index (χ3v) is 3.16. The fraction of sp³-hybridized carbons (Fsp3) is 0.294. The summed E-state index contributed by atoms with van der Waals surface area (Å²) in [5.74, 6) is 2.18. The van der Waals surface area contributed by atoms with E-state index in [1.807, 2.05) is 49.5 Å². The van der Waals surface area contributed by atoms with Crippen LogP contribution in [0.5, 0.6) is 17.2 Å². The molecule has 0 bridgehead atoms. The van der Waals surface area contributed by atoms with Crippen LogP contribution in [-0.2, 0) is 6.54 Å². The van der Waals surface area contributed by atoms with E-state index in [2.05, 4.69) is 12.2 Å². The predicted molar refractivity (Wildman–Crippen MR) is 86.5 cm³/mol. The van der Waals surface area contributed by atoms with Crippen LogP contribution < -0.4 is 14.8 Å². The Labute approximate surface area is 130 Å². The number of nitrogens with one attached hydrogen (secondary N) is 1. The van der Waals surface area contributed by atoms with E-state index in [1.54, 1.807) is 0 Å². The second-order valence-electron chi connectivity index (χ2n) is 4.68. The Bertz CT molecular complexity index is 587. The van der Waals surface area contributed by atoms with Gasteiger partial charge in [-0.25, -0.2) is 0 Å². The van der Waals surface area contributed by atoms with Crippen LogP contribution >= 0.6 is 11.6 Å². The molecule has 3 nitrogen and oxygen atoms in total. The second kappa shape index (κ2) is 7.91. The van der Waals surface area contributed by atoms with E-state index in [9.17, 15) is 0 Å². The number of hydrogen-bond acceptors (Lipinski definition) is 3. The van der Waals surface area contributed by atoms with E-state index in [4.69, 9.17) is 21.1 Å². The summed E-state index contributed by atoms with van der Waals surface area (Å²) >= 11 is 6.07. The zero-order valence-electron chi connectivity index (χ0n) is 12.4. The molecule has 0 radical (unpaired) electrons. The van der Waals surface area contributed by atoms with E-state index >= 15 is 0 Å². The van der Waals surface area contributed by atoms with Gasteiger partial charge in [0.25, 0.3) is 0 Å². The van der Waals surface area contributed by atoms with Gasteiger partial charge in [0.1, 0.15) is 5.75 Å². The Morgan fingerprint density at radius 3 is 2.52 bits per heavy atom. The molecule has 112 valence electrons. The van der Waals surface area contributed by atoms with Gasteiger partial charge < -0.3 is 14.8 Å². The lowest BCUT2D eigenvalue weighted by atomic mass is 10.2. The quantitative estimate of drug-likeness (QED) is 0.808. The maximum atomic E-state index is 6.07. The van der Waals surface area contributed by atoms with Crippen LogP contribution in [0, 0.1) is 0 Å². The van der Waals surface area contributed by atoms with Crippen LogP contribution in [0.25, 0.3) is 0 Å². The molecule has 0 heterocycles. The SMILES string of the molecule is CCCOc1ccccc1Oc1cc(Cl)ccc1CNC. The fourth-order valence-corrected chi connectivity index (χ4v) is 2.11. The zero-order chi connectivity index (χ0) is 15.1. The lowest BCUT2D eigenvalue weighted by molar-refractivity contribution is 0.302. The van der Waals surface area contributed by atoms with E-state index < -0.39 is 0 Å². The number of ether oxygens (including phenoxy) is 2. The molecular weight excluding hydrogens is 286 g/mol. The molecule has 21 heavy (non-hydrogen) atoms. The van der Waals surface area contributed by atoms with Crippen molar-refractivity contribution in [1.29, 1.82) is 0 Å². The average molecular weight is 306 g/mol. The normalized spacial score (nSPS) is 10.4. The van der Waals surface area contributed by atoms with Crippen molar-refractivity contribution in [2.75, 3.05) is 13.7 Å². The van der Waals surface area contributed by atoms with Gasteiger partial charge in [-0.1, -0.05) is 36.7 Å². The molecule has 0 aliphatic carbocycles. The molecule has 2 rings (SSSR count). The largest absolute Gasteiger partial charge is 0.490 e. The monoisotopic (exact) mass is 305 g/mol. The van der Waals surface area contributed by atoms with Gasteiger partial charge in [0.05, 0.1) is 6.61 Å². The highest BCUT2D eigenvalue weighted by Crippen LogP contribution is 2.34. The third kappa shape index (κ3) is 4.38. The molecule has 2 aromatic rings. The van der Waals surface area contributed by atoms with E-state index in [-0.39, 0.29) is 0 Å². The molecular formula is C17H20ClNO2. The van der Waals surface area contributed by atoms with E-state index in [0.717, 1.165) is 23.5 Å². The molecule has 0 aromatic heterocycles. The first-order valence-electron chi connectivity index (χ1n) is 7.07. The number of benzene rings is 2. The highest BCUT2D eigenvalue weighted by Gasteiger charge is 2.09. The van der Waals surface area contributed by atoms with E-state index in [1.165, 1.54) is 0 Å². The summed E-state index contributed by atoms with van der Waals surface area (Å²) in [6, 6.07) is 13.3. The molecule has 1 N–H and O–H groups in total. The number of hydrogen-bond donors (Lipinski definition) is 1. The van der Waals surface area contributed by atoms with Crippen LogP contribution in [-0.4, -0.2) is 13.7 Å². The van der Waals surface area contributed by atoms with Crippen molar-refractivity contribution in [2.45, 2.75) is 19.9 Å². The first-order valence-corrected chi connectivity index (χ1v) is 7.45. The molecule has 0 amide bonds. The van der Waals surface area contributed by atoms with Crippen molar-refractivity contribution < 1.29 is 9.47 Å². The molecule has 2 aromatic carbocycles. The minimum absolute atomic E-state index is 0.650. The van der Waals surface area contributed by atoms with Gasteiger partial charge in [0.2, 0.25) is 0 Å². The number of halogens is 1. The first kappa shape index (κ1) is 15.7. The van der Waals surface area contributed by atoms with E-state index in [0.29, 0.717) is 23.9 Å². The molecule has 0 saturated heterocycles. The summed E-state index contributed by atoms with van der Waals surface area (Å²) in [6.45, 7) is 3.45. The minimum Gasteiger partial charge on any atom is -0.490 e. The van der Waals surface area contributed by atoms with Gasteiger partial charge in [-0.15, -0.1) is 0 Å². The highest BCUT2D eigenvalue weighted by atomic mass is 35.5. The average Bonchev–Trinajstić information content (AvgIpc) is 2.49. The van der Waals surface area contributed by atoms with Crippen molar-refractivity contribution in [3.63, 3.8) is 0 Å². The summed E-state index contributed by atoms with van der Waals surface area (Å²) in [6.07, 6.45) is 0.955. The number of para-hydroxylation sites is 2. The van der Waals surface area contributed by atoms with Gasteiger partial charge in [-0.2, -0.15) is 0 Å². The molecule has 0 atom stereocenters. The lowest BCUT2D eigenvalue weighted by Gasteiger charge is -2.14. The Morgan fingerprint density at radius 2 is 1.81 bits per heavy atom. The van der Waals surface area contributed by atoms with Crippen LogP contribution in [0.15, 0.2) is 42.5 Å². The summed E-state index contributed by atoms with van der Waals surface area (Å²) in [5.41, 5.74) is 1.05. The van der Waals surface area contributed by atoms with Crippen molar-refractivity contribution in [3.05, 3.63) is 53.1 Å². The van der Waals surface area contributed by atoms with Gasteiger partial charge in [-0.05, 0) is 37.7 Å². The van der Waals surface area contributed by atoms with Gasteiger partial charge in [0.15, 0.2) is 11.5 Å². The van der Waals surface area contributed by atoms with Gasteiger partial charge in [0, 0.05) is 17.1 Å². The maximum absolute atomic E-state index is 6.07. The Morgan fingerprint density at radius 1 is 1.05 bits per heavy atom. The molecule has 0 fully saturated rings. The van der Waals surface area contributed by atoms with Gasteiger partial charge >= 0.3 is 0 Å². The topological polar surface area (TPSA) is 30.5 Å². The van der Waals surface area contributed by atoms with Crippen LogP contribution in [0.3, 0.4) is 0 Å². The molecule has 0 aliphatic rings.